The molecule has 0 atom stereocenters. The second kappa shape index (κ2) is 1.03. The standard InChI is InChI=1S/C2H3N3/c1-2-4-5-3-1/h1,4-5H. The minimum absolute atomic E-state index is 1.51. The molecule has 0 bridgehead atoms. The molecule has 0 fully saturated rings. The topological polar surface area (TPSA) is 36.4 Å². The molecule has 3 nitrogen and oxygen atoms in total. The van der Waals surface area contributed by atoms with Gasteiger partial charge >= 0.3 is 0 Å². The lowest BCUT2D eigenvalue weighted by Gasteiger charge is -1.79. The number of hydrogen-bond donors (Lipinski definition) is 2. The molecule has 1 aliphatic heterocycles. The lowest BCUT2D eigenvalue weighted by atomic mass is 10.8. The zero-order valence-electron chi connectivity index (χ0n) is 2.52. The fourth-order valence-electron chi connectivity index (χ4n) is 0.161. The minimum Gasteiger partial charge on any atom is -0.242 e. The summed E-state index contributed by atoms with van der Waals surface area (Å²) in [7, 11) is 0. The third-order valence-corrected chi connectivity index (χ3v) is 0.322. The van der Waals surface area contributed by atoms with Crippen LogP contribution in [-0.4, -0.2) is 6.21 Å². The average molecular weight is 69.1 g/mol. The normalized spacial score (nSPS) is 19.2. The number of nitrogens with zero attached hydrogens (tertiary/aromatic N) is 1. The quantitative estimate of drug-likeness (QED) is 0.387. The van der Waals surface area contributed by atoms with Gasteiger partial charge in [0.15, 0.2) is 0 Å². The Bertz CT molecular complexity index is 42.9. The Kier molecular flexibility index (Phi) is 0.548. The maximum atomic E-state index is 3.49. The van der Waals surface area contributed by atoms with Crippen LogP contribution in [0.3, 0.4) is 0 Å². The van der Waals surface area contributed by atoms with Gasteiger partial charge in [-0.25, -0.2) is 11.0 Å². The molecule has 1 heterocycles. The van der Waals surface area contributed by atoms with Gasteiger partial charge in [-0.2, -0.15) is 5.10 Å². The summed E-state index contributed by atoms with van der Waals surface area (Å²) in [5.74, 6) is 0. The summed E-state index contributed by atoms with van der Waals surface area (Å²) in [4.78, 5) is 0. The molecular formula is C2H3N3. The van der Waals surface area contributed by atoms with Crippen molar-refractivity contribution < 1.29 is 0 Å². The van der Waals surface area contributed by atoms with Gasteiger partial charge in [0.05, 0.1) is 6.21 Å². The van der Waals surface area contributed by atoms with E-state index in [1.807, 2.05) is 0 Å². The highest BCUT2D eigenvalue weighted by molar-refractivity contribution is 5.67. The first-order valence-corrected chi connectivity index (χ1v) is 1.27. The number of nitrogens with one attached hydrogen (secondary N) is 2. The summed E-state index contributed by atoms with van der Waals surface area (Å²) in [5, 5.41) is 3.49. The van der Waals surface area contributed by atoms with Gasteiger partial charge in [-0.3, -0.25) is 0 Å². The second-order valence-corrected chi connectivity index (χ2v) is 0.639. The summed E-state index contributed by atoms with van der Waals surface area (Å²) in [6.07, 6.45) is 1.51. The van der Waals surface area contributed by atoms with Crippen LogP contribution in [0.2, 0.25) is 0 Å². The van der Waals surface area contributed by atoms with Gasteiger partial charge in [-0.15, -0.1) is 0 Å². The highest BCUT2D eigenvalue weighted by Crippen LogP contribution is 1.64. The van der Waals surface area contributed by atoms with Crippen LogP contribution in [0.1, 0.15) is 0 Å². The molecule has 3 heteroatoms. The molecule has 0 spiro atoms. The number of rotatable bonds is 0. The molecule has 2 radical (unpaired) electrons. The van der Waals surface area contributed by atoms with Crippen molar-refractivity contribution in [3.05, 3.63) is 6.54 Å². The van der Waals surface area contributed by atoms with Crippen LogP contribution < -0.4 is 11.0 Å². The first-order valence-electron chi connectivity index (χ1n) is 1.27. The molecule has 0 aromatic rings. The zero-order valence-corrected chi connectivity index (χ0v) is 2.52. The van der Waals surface area contributed by atoms with Crippen LogP contribution in [-0.2, 0) is 0 Å². The molecule has 0 saturated heterocycles. The van der Waals surface area contributed by atoms with Crippen molar-refractivity contribution in [1.29, 1.82) is 0 Å². The smallest absolute Gasteiger partial charge is 0.130 e. The molecule has 0 amide bonds. The van der Waals surface area contributed by atoms with Crippen LogP contribution in [0.5, 0.6) is 0 Å². The molecule has 1 rings (SSSR count). The summed E-state index contributed by atoms with van der Waals surface area (Å²) in [6.45, 7) is 2.57. The molecule has 0 saturated carbocycles. The Balaban J connectivity index is 2.32. The van der Waals surface area contributed by atoms with Gasteiger partial charge in [-0.1, -0.05) is 0 Å². The first-order chi connectivity index (χ1) is 2.50. The number of hydrazone groups is 1. The lowest BCUT2D eigenvalue weighted by molar-refractivity contribution is 0.686. The fourth-order valence-corrected chi connectivity index (χ4v) is 0.161. The van der Waals surface area contributed by atoms with E-state index in [2.05, 4.69) is 22.6 Å². The number of hydrazine groups is 1. The van der Waals surface area contributed by atoms with Crippen LogP contribution in [0.4, 0.5) is 0 Å². The Morgan fingerprint density at radius 2 is 2.80 bits per heavy atom. The summed E-state index contributed by atoms with van der Waals surface area (Å²) in [5.41, 5.74) is 4.93. The summed E-state index contributed by atoms with van der Waals surface area (Å²) >= 11 is 0. The van der Waals surface area contributed by atoms with Crippen molar-refractivity contribution in [3.63, 3.8) is 0 Å². The summed E-state index contributed by atoms with van der Waals surface area (Å²) < 4.78 is 0. The Morgan fingerprint density at radius 3 is 3.00 bits per heavy atom. The molecule has 1 aliphatic rings. The predicted molar refractivity (Wildman–Crippen MR) is 18.0 cm³/mol. The largest absolute Gasteiger partial charge is 0.242 e. The van der Waals surface area contributed by atoms with Gasteiger partial charge in [0.1, 0.15) is 6.54 Å². The van der Waals surface area contributed by atoms with Gasteiger partial charge in [-0.05, 0) is 0 Å². The molecular weight excluding hydrogens is 66.0 g/mol. The summed E-state index contributed by atoms with van der Waals surface area (Å²) in [6, 6.07) is 0. The van der Waals surface area contributed by atoms with Crippen LogP contribution in [0, 0.1) is 6.54 Å². The van der Waals surface area contributed by atoms with E-state index < -0.39 is 0 Å². The predicted octanol–water partition coefficient (Wildman–Crippen LogP) is -0.881. The number of hydrogen-bond acceptors (Lipinski definition) is 3. The Labute approximate surface area is 30.0 Å². The van der Waals surface area contributed by atoms with Crippen LogP contribution >= 0.6 is 0 Å². The van der Waals surface area contributed by atoms with E-state index in [4.69, 9.17) is 0 Å². The molecule has 5 heavy (non-hydrogen) atoms. The van der Waals surface area contributed by atoms with Crippen molar-refractivity contribution >= 4 is 6.21 Å². The maximum Gasteiger partial charge on any atom is 0.130 e. The second-order valence-electron chi connectivity index (χ2n) is 0.639. The van der Waals surface area contributed by atoms with E-state index in [9.17, 15) is 0 Å². The molecule has 0 unspecified atom stereocenters. The Hall–Kier alpha value is -0.570. The van der Waals surface area contributed by atoms with E-state index in [1.54, 1.807) is 0 Å². The minimum atomic E-state index is 1.51. The van der Waals surface area contributed by atoms with Crippen molar-refractivity contribution in [3.8, 4) is 0 Å². The van der Waals surface area contributed by atoms with E-state index in [0.717, 1.165) is 0 Å². The van der Waals surface area contributed by atoms with Crippen LogP contribution in [0.15, 0.2) is 5.10 Å². The van der Waals surface area contributed by atoms with E-state index in [1.165, 1.54) is 6.21 Å². The zero-order chi connectivity index (χ0) is 3.54. The third-order valence-electron chi connectivity index (χ3n) is 0.322. The maximum absolute atomic E-state index is 3.49. The van der Waals surface area contributed by atoms with Gasteiger partial charge in [0.2, 0.25) is 0 Å². The molecule has 0 aromatic carbocycles. The van der Waals surface area contributed by atoms with E-state index in [0.29, 0.717) is 0 Å². The SMILES string of the molecule is [C]1C=NNN1. The monoisotopic (exact) mass is 69.0 g/mol. The van der Waals surface area contributed by atoms with Crippen molar-refractivity contribution in [2.45, 2.75) is 0 Å². The molecule has 2 N–H and O–H groups in total. The highest BCUT2D eigenvalue weighted by Gasteiger charge is 1.82. The van der Waals surface area contributed by atoms with Crippen molar-refractivity contribution in [1.82, 2.24) is 11.0 Å². The molecule has 26 valence electrons. The third kappa shape index (κ3) is 0.357. The van der Waals surface area contributed by atoms with E-state index in [-0.39, 0.29) is 0 Å². The first kappa shape index (κ1) is 2.66. The lowest BCUT2D eigenvalue weighted by Crippen LogP contribution is -2.16. The highest BCUT2D eigenvalue weighted by atomic mass is 15.6. The van der Waals surface area contributed by atoms with Crippen molar-refractivity contribution in [2.24, 2.45) is 5.10 Å². The fraction of sp³-hybridized carbons (Fsp3) is 0. The van der Waals surface area contributed by atoms with Crippen molar-refractivity contribution in [2.75, 3.05) is 0 Å². The van der Waals surface area contributed by atoms with Crippen LogP contribution in [0.25, 0.3) is 0 Å². The van der Waals surface area contributed by atoms with Gasteiger partial charge < -0.3 is 0 Å². The molecule has 0 aliphatic carbocycles. The van der Waals surface area contributed by atoms with E-state index >= 15 is 0 Å². The average Bonchev–Trinajstić information content (AvgIpc) is 1.76. The van der Waals surface area contributed by atoms with Gasteiger partial charge in [0, 0.05) is 0 Å². The van der Waals surface area contributed by atoms with Gasteiger partial charge in [0.25, 0.3) is 0 Å². The molecule has 0 aromatic heterocycles. The Morgan fingerprint density at radius 1 is 1.80 bits per heavy atom.